The van der Waals surface area contributed by atoms with E-state index in [-0.39, 0.29) is 10.9 Å². The maximum Gasteiger partial charge on any atom is 0.416 e. The van der Waals surface area contributed by atoms with Gasteiger partial charge in [-0.25, -0.2) is 0 Å². The van der Waals surface area contributed by atoms with Crippen LogP contribution >= 0.6 is 0 Å². The fraction of sp³-hybridized carbons (Fsp3) is 0.200. The molecule has 0 saturated heterocycles. The molecular weight excluding hydrogens is 373 g/mol. The van der Waals surface area contributed by atoms with Gasteiger partial charge < -0.3 is 14.6 Å². The average molecular weight is 390 g/mol. The summed E-state index contributed by atoms with van der Waals surface area (Å²) in [6.07, 6.45) is -3.24. The molecule has 0 bridgehead atoms. The first-order valence-corrected chi connectivity index (χ1v) is 8.45. The second kappa shape index (κ2) is 7.38. The number of anilines is 1. The van der Waals surface area contributed by atoms with Crippen molar-refractivity contribution in [3.05, 3.63) is 70.0 Å². The second-order valence-corrected chi connectivity index (χ2v) is 6.04. The quantitative estimate of drug-likeness (QED) is 0.723. The van der Waals surface area contributed by atoms with Gasteiger partial charge in [-0.1, -0.05) is 12.1 Å². The molecule has 0 spiro atoms. The van der Waals surface area contributed by atoms with Crippen LogP contribution in [-0.2, 0) is 12.7 Å². The third-order valence-electron chi connectivity index (χ3n) is 4.35. The normalized spacial score (nSPS) is 11.5. The van der Waals surface area contributed by atoms with Crippen molar-refractivity contribution in [2.75, 3.05) is 12.4 Å². The minimum Gasteiger partial charge on any atom is -0.495 e. The highest BCUT2D eigenvalue weighted by atomic mass is 19.4. The van der Waals surface area contributed by atoms with Crippen LogP contribution in [0.2, 0.25) is 0 Å². The molecule has 1 amide bonds. The van der Waals surface area contributed by atoms with Gasteiger partial charge in [0.05, 0.1) is 23.9 Å². The Kier molecular flexibility index (Phi) is 5.13. The molecule has 0 unspecified atom stereocenters. The van der Waals surface area contributed by atoms with Crippen molar-refractivity contribution in [2.24, 2.45) is 0 Å². The number of hydrogen-bond acceptors (Lipinski definition) is 3. The number of benzene rings is 2. The van der Waals surface area contributed by atoms with Crippen molar-refractivity contribution in [3.63, 3.8) is 0 Å². The zero-order valence-electron chi connectivity index (χ0n) is 15.1. The van der Waals surface area contributed by atoms with Crippen LogP contribution in [0.4, 0.5) is 18.9 Å². The van der Waals surface area contributed by atoms with Crippen LogP contribution in [0.25, 0.3) is 10.9 Å². The van der Waals surface area contributed by atoms with Crippen LogP contribution in [0, 0.1) is 0 Å². The second-order valence-electron chi connectivity index (χ2n) is 6.04. The molecule has 3 rings (SSSR count). The molecule has 0 radical (unpaired) electrons. The zero-order chi connectivity index (χ0) is 20.5. The minimum atomic E-state index is -4.59. The molecule has 8 heteroatoms. The fourth-order valence-corrected chi connectivity index (χ4v) is 2.93. The number of para-hydroxylation sites is 2. The van der Waals surface area contributed by atoms with Gasteiger partial charge in [0.25, 0.3) is 5.91 Å². The number of ether oxygens (including phenoxy) is 1. The summed E-state index contributed by atoms with van der Waals surface area (Å²) in [6, 6.07) is 9.57. The first-order valence-electron chi connectivity index (χ1n) is 8.45. The summed E-state index contributed by atoms with van der Waals surface area (Å²) in [5.41, 5.74) is -1.28. The lowest BCUT2D eigenvalue weighted by molar-refractivity contribution is -0.137. The van der Waals surface area contributed by atoms with Crippen LogP contribution < -0.4 is 15.5 Å². The van der Waals surface area contributed by atoms with E-state index >= 15 is 0 Å². The highest BCUT2D eigenvalue weighted by Crippen LogP contribution is 2.31. The van der Waals surface area contributed by atoms with Crippen molar-refractivity contribution >= 4 is 22.5 Å². The monoisotopic (exact) mass is 390 g/mol. The van der Waals surface area contributed by atoms with E-state index in [2.05, 4.69) is 5.32 Å². The van der Waals surface area contributed by atoms with Gasteiger partial charge in [-0.05, 0) is 37.3 Å². The summed E-state index contributed by atoms with van der Waals surface area (Å²) in [5, 5.41) is 2.42. The first kappa shape index (κ1) is 19.5. The third kappa shape index (κ3) is 3.58. The Morgan fingerprint density at radius 2 is 1.89 bits per heavy atom. The molecule has 5 nitrogen and oxygen atoms in total. The van der Waals surface area contributed by atoms with E-state index in [1.165, 1.54) is 19.4 Å². The number of methoxy groups -OCH3 is 1. The number of aryl methyl sites for hydroxylation is 1. The van der Waals surface area contributed by atoms with Crippen LogP contribution in [0.3, 0.4) is 0 Å². The average Bonchev–Trinajstić information content (AvgIpc) is 2.67. The number of rotatable bonds is 4. The minimum absolute atomic E-state index is 0.163. The molecule has 1 heterocycles. The molecular formula is C20H17F3N2O3. The van der Waals surface area contributed by atoms with Crippen LogP contribution in [-0.4, -0.2) is 17.6 Å². The Morgan fingerprint density at radius 1 is 1.18 bits per heavy atom. The summed E-state index contributed by atoms with van der Waals surface area (Å²) >= 11 is 0. The lowest BCUT2D eigenvalue weighted by atomic mass is 10.1. The van der Waals surface area contributed by atoms with Gasteiger partial charge in [0.1, 0.15) is 11.3 Å². The van der Waals surface area contributed by atoms with E-state index in [1.807, 2.05) is 0 Å². The lowest BCUT2D eigenvalue weighted by Crippen LogP contribution is -2.24. The molecule has 0 aliphatic heterocycles. The fourth-order valence-electron chi connectivity index (χ4n) is 2.93. The predicted molar refractivity (Wildman–Crippen MR) is 99.8 cm³/mol. The number of alkyl halides is 3. The molecule has 0 aliphatic rings. The highest BCUT2D eigenvalue weighted by molar-refractivity contribution is 6.06. The van der Waals surface area contributed by atoms with Gasteiger partial charge >= 0.3 is 6.18 Å². The van der Waals surface area contributed by atoms with Crippen LogP contribution in [0.1, 0.15) is 22.8 Å². The Labute approximate surface area is 158 Å². The number of amides is 1. The Bertz CT molecular complexity index is 1100. The molecule has 3 aromatic rings. The van der Waals surface area contributed by atoms with Gasteiger partial charge in [0.2, 0.25) is 5.43 Å². The van der Waals surface area contributed by atoms with E-state index in [9.17, 15) is 22.8 Å². The van der Waals surface area contributed by atoms with Crippen molar-refractivity contribution < 1.29 is 22.7 Å². The van der Waals surface area contributed by atoms with Gasteiger partial charge in [0, 0.05) is 18.1 Å². The number of halogens is 3. The smallest absolute Gasteiger partial charge is 0.416 e. The summed E-state index contributed by atoms with van der Waals surface area (Å²) in [5.74, 6) is -0.331. The Hall–Kier alpha value is -3.29. The van der Waals surface area contributed by atoms with E-state index < -0.39 is 23.1 Å². The molecule has 1 aromatic heterocycles. The molecule has 2 aromatic carbocycles. The first-order chi connectivity index (χ1) is 13.3. The molecule has 1 N–H and O–H groups in total. The topological polar surface area (TPSA) is 60.3 Å². The maximum absolute atomic E-state index is 13.1. The summed E-state index contributed by atoms with van der Waals surface area (Å²) in [7, 11) is 1.43. The maximum atomic E-state index is 13.1. The molecule has 0 atom stereocenters. The Morgan fingerprint density at radius 3 is 2.54 bits per heavy atom. The van der Waals surface area contributed by atoms with Crippen molar-refractivity contribution in [3.8, 4) is 5.75 Å². The van der Waals surface area contributed by atoms with Crippen LogP contribution in [0.5, 0.6) is 5.75 Å². The van der Waals surface area contributed by atoms with Crippen molar-refractivity contribution in [2.45, 2.75) is 19.6 Å². The SMILES string of the molecule is CCn1cc(C(=O)Nc2ccccc2OC)c(=O)c2cc(C(F)(F)F)ccc21. The van der Waals surface area contributed by atoms with Crippen molar-refractivity contribution in [1.29, 1.82) is 0 Å². The lowest BCUT2D eigenvalue weighted by Gasteiger charge is -2.14. The largest absolute Gasteiger partial charge is 0.495 e. The standard InChI is InChI=1S/C20H17F3N2O3/c1-3-25-11-14(19(27)24-15-6-4-5-7-17(15)28-2)18(26)13-10-12(20(21,22)23)8-9-16(13)25/h4-11H,3H2,1-2H3,(H,24,27). The predicted octanol–water partition coefficient (Wildman–Crippen LogP) is 4.30. The van der Waals surface area contributed by atoms with Gasteiger partial charge in [-0.15, -0.1) is 0 Å². The van der Waals surface area contributed by atoms with E-state index in [1.54, 1.807) is 35.8 Å². The number of pyridine rings is 1. The highest BCUT2D eigenvalue weighted by Gasteiger charge is 2.31. The molecule has 0 aliphatic carbocycles. The van der Waals surface area contributed by atoms with Crippen molar-refractivity contribution in [1.82, 2.24) is 4.57 Å². The third-order valence-corrected chi connectivity index (χ3v) is 4.35. The summed E-state index contributed by atoms with van der Waals surface area (Å²) < 4.78 is 45.9. The van der Waals surface area contributed by atoms with E-state index in [0.717, 1.165) is 12.1 Å². The van der Waals surface area contributed by atoms with Gasteiger partial charge in [0.15, 0.2) is 0 Å². The summed E-state index contributed by atoms with van der Waals surface area (Å²) in [4.78, 5) is 25.5. The summed E-state index contributed by atoms with van der Waals surface area (Å²) in [6.45, 7) is 2.14. The number of fused-ring (bicyclic) bond motifs is 1. The number of hydrogen-bond donors (Lipinski definition) is 1. The van der Waals surface area contributed by atoms with Crippen LogP contribution in [0.15, 0.2) is 53.5 Å². The number of carbonyl (C=O) groups excluding carboxylic acids is 1. The molecule has 0 fully saturated rings. The molecule has 0 saturated carbocycles. The zero-order valence-corrected chi connectivity index (χ0v) is 15.1. The number of aromatic nitrogens is 1. The van der Waals surface area contributed by atoms with Gasteiger partial charge in [-0.3, -0.25) is 9.59 Å². The number of nitrogens with zero attached hydrogens (tertiary/aromatic N) is 1. The van der Waals surface area contributed by atoms with E-state index in [0.29, 0.717) is 23.5 Å². The molecule has 28 heavy (non-hydrogen) atoms. The number of carbonyl (C=O) groups is 1. The van der Waals surface area contributed by atoms with Gasteiger partial charge in [-0.2, -0.15) is 13.2 Å². The molecule has 146 valence electrons. The Balaban J connectivity index is 2.13. The van der Waals surface area contributed by atoms with E-state index in [4.69, 9.17) is 4.74 Å². The number of nitrogens with one attached hydrogen (secondary N) is 1.